The second kappa shape index (κ2) is 9.41. The van der Waals surface area contributed by atoms with Crippen LogP contribution < -0.4 is 10.6 Å². The molecule has 168 valence electrons. The molecule has 0 atom stereocenters. The average Bonchev–Trinajstić information content (AvgIpc) is 3.55. The number of amides is 2. The number of carbonyl (C=O) groups is 2. The molecule has 0 aliphatic heterocycles. The van der Waals surface area contributed by atoms with Crippen molar-refractivity contribution in [1.82, 2.24) is 20.1 Å². The van der Waals surface area contributed by atoms with Gasteiger partial charge in [-0.05, 0) is 41.5 Å². The van der Waals surface area contributed by atoms with Crippen molar-refractivity contribution in [3.8, 4) is 0 Å². The van der Waals surface area contributed by atoms with Crippen molar-refractivity contribution in [2.24, 2.45) is 0 Å². The monoisotopic (exact) mass is 451 g/mol. The number of benzene rings is 2. The summed E-state index contributed by atoms with van der Waals surface area (Å²) in [7, 11) is 0. The smallest absolute Gasteiger partial charge is 0.291 e. The molecule has 3 heterocycles. The number of pyridine rings is 1. The fraction of sp³-hybridized carbons (Fsp3) is 0.0769. The molecule has 34 heavy (non-hydrogen) atoms. The van der Waals surface area contributed by atoms with Gasteiger partial charge < -0.3 is 15.1 Å². The summed E-state index contributed by atoms with van der Waals surface area (Å²) in [5.41, 5.74) is 3.86. The first-order valence-corrected chi connectivity index (χ1v) is 10.7. The van der Waals surface area contributed by atoms with Gasteiger partial charge in [-0.3, -0.25) is 9.59 Å². The highest BCUT2D eigenvalue weighted by Gasteiger charge is 2.12. The summed E-state index contributed by atoms with van der Waals surface area (Å²) in [4.78, 5) is 29.2. The Balaban J connectivity index is 1.19. The van der Waals surface area contributed by atoms with E-state index < -0.39 is 0 Å². The van der Waals surface area contributed by atoms with Crippen LogP contribution in [0.1, 0.15) is 32.0 Å². The van der Waals surface area contributed by atoms with Crippen LogP contribution in [0, 0.1) is 0 Å². The van der Waals surface area contributed by atoms with Gasteiger partial charge in [0.25, 0.3) is 11.8 Å². The number of fused-ring (bicyclic) bond motifs is 1. The van der Waals surface area contributed by atoms with Gasteiger partial charge >= 0.3 is 0 Å². The molecule has 0 aliphatic rings. The minimum atomic E-state index is -0.318. The Bertz CT molecular complexity index is 1420. The first-order valence-electron chi connectivity index (χ1n) is 10.7. The minimum absolute atomic E-state index is 0.222. The van der Waals surface area contributed by atoms with Gasteiger partial charge in [-0.25, -0.2) is 9.67 Å². The van der Waals surface area contributed by atoms with Crippen molar-refractivity contribution in [1.29, 1.82) is 0 Å². The van der Waals surface area contributed by atoms with E-state index in [2.05, 4.69) is 20.7 Å². The maximum Gasteiger partial charge on any atom is 0.291 e. The maximum absolute atomic E-state index is 12.7. The predicted octanol–water partition coefficient (Wildman–Crippen LogP) is 4.25. The third-order valence-electron chi connectivity index (χ3n) is 5.32. The molecule has 2 N–H and O–H groups in total. The molecule has 2 amide bonds. The van der Waals surface area contributed by atoms with E-state index in [1.54, 1.807) is 42.7 Å². The Kier molecular flexibility index (Phi) is 5.85. The Morgan fingerprint density at radius 2 is 1.71 bits per heavy atom. The molecule has 0 spiro atoms. The van der Waals surface area contributed by atoms with E-state index in [0.29, 0.717) is 24.3 Å². The van der Waals surface area contributed by atoms with Crippen LogP contribution in [0.15, 0.2) is 95.9 Å². The molecule has 5 aromatic rings. The highest BCUT2D eigenvalue weighted by Crippen LogP contribution is 2.16. The van der Waals surface area contributed by atoms with Gasteiger partial charge in [-0.1, -0.05) is 42.5 Å². The molecule has 2 aromatic carbocycles. The summed E-state index contributed by atoms with van der Waals surface area (Å²) in [6.45, 7) is 0.956. The summed E-state index contributed by atoms with van der Waals surface area (Å²) >= 11 is 0. The predicted molar refractivity (Wildman–Crippen MR) is 127 cm³/mol. The van der Waals surface area contributed by atoms with Crippen LogP contribution in [0.4, 0.5) is 5.69 Å². The van der Waals surface area contributed by atoms with E-state index in [4.69, 9.17) is 4.42 Å². The molecule has 0 bridgehead atoms. The van der Waals surface area contributed by atoms with E-state index in [0.717, 1.165) is 22.2 Å². The van der Waals surface area contributed by atoms with Crippen LogP contribution in [0.3, 0.4) is 0 Å². The van der Waals surface area contributed by atoms with E-state index >= 15 is 0 Å². The molecule has 8 heteroatoms. The molecular formula is C26H21N5O3. The van der Waals surface area contributed by atoms with E-state index in [-0.39, 0.29) is 17.6 Å². The van der Waals surface area contributed by atoms with Gasteiger partial charge in [-0.2, -0.15) is 5.10 Å². The van der Waals surface area contributed by atoms with Crippen LogP contribution in [-0.4, -0.2) is 26.6 Å². The first kappa shape index (κ1) is 21.1. The highest BCUT2D eigenvalue weighted by atomic mass is 16.3. The molecule has 0 saturated carbocycles. The van der Waals surface area contributed by atoms with Crippen molar-refractivity contribution in [3.63, 3.8) is 0 Å². The van der Waals surface area contributed by atoms with Gasteiger partial charge in [0.1, 0.15) is 0 Å². The first-order chi connectivity index (χ1) is 16.7. The van der Waals surface area contributed by atoms with E-state index in [1.165, 1.54) is 6.26 Å². The van der Waals surface area contributed by atoms with E-state index in [9.17, 15) is 9.59 Å². The van der Waals surface area contributed by atoms with Crippen molar-refractivity contribution in [3.05, 3.63) is 114 Å². The molecule has 0 fully saturated rings. The second-order valence-corrected chi connectivity index (χ2v) is 7.74. The lowest BCUT2D eigenvalue weighted by Gasteiger charge is -2.08. The lowest BCUT2D eigenvalue weighted by Crippen LogP contribution is -2.23. The van der Waals surface area contributed by atoms with E-state index in [1.807, 2.05) is 47.1 Å². The summed E-state index contributed by atoms with van der Waals surface area (Å²) < 4.78 is 6.90. The van der Waals surface area contributed by atoms with Gasteiger partial charge in [0, 0.05) is 23.8 Å². The SMILES string of the molecule is O=C(NCc1ccc(NC(=O)c2ccco2)cc1)c1cnc2c(cnn2Cc2ccccc2)c1. The van der Waals surface area contributed by atoms with Gasteiger partial charge in [0.2, 0.25) is 0 Å². The zero-order valence-corrected chi connectivity index (χ0v) is 18.1. The number of furan rings is 1. The van der Waals surface area contributed by atoms with Crippen LogP contribution >= 0.6 is 0 Å². The lowest BCUT2D eigenvalue weighted by atomic mass is 10.2. The number of hydrogen-bond donors (Lipinski definition) is 2. The molecule has 3 aromatic heterocycles. The van der Waals surface area contributed by atoms with Gasteiger partial charge in [-0.15, -0.1) is 0 Å². The van der Waals surface area contributed by atoms with Crippen LogP contribution in [0.2, 0.25) is 0 Å². The fourth-order valence-corrected chi connectivity index (χ4v) is 3.56. The van der Waals surface area contributed by atoms with Crippen LogP contribution in [0.5, 0.6) is 0 Å². The molecule has 0 aliphatic carbocycles. The Morgan fingerprint density at radius 1 is 0.882 bits per heavy atom. The molecule has 0 unspecified atom stereocenters. The van der Waals surface area contributed by atoms with Crippen molar-refractivity contribution < 1.29 is 14.0 Å². The number of nitrogens with one attached hydrogen (secondary N) is 2. The Hall–Kier alpha value is -4.72. The zero-order valence-electron chi connectivity index (χ0n) is 18.1. The molecule has 8 nitrogen and oxygen atoms in total. The number of nitrogens with zero attached hydrogens (tertiary/aromatic N) is 3. The number of aromatic nitrogens is 3. The fourth-order valence-electron chi connectivity index (χ4n) is 3.56. The number of rotatable bonds is 7. The average molecular weight is 451 g/mol. The third kappa shape index (κ3) is 4.71. The number of anilines is 1. The van der Waals surface area contributed by atoms with Gasteiger partial charge in [0.15, 0.2) is 11.4 Å². The summed E-state index contributed by atoms with van der Waals surface area (Å²) in [6.07, 6.45) is 4.73. The molecule has 0 saturated heterocycles. The number of carbonyl (C=O) groups excluding carboxylic acids is 2. The summed E-state index contributed by atoms with van der Waals surface area (Å²) in [5, 5.41) is 10.9. The highest BCUT2D eigenvalue weighted by molar-refractivity contribution is 6.02. The maximum atomic E-state index is 12.7. The third-order valence-corrected chi connectivity index (χ3v) is 5.32. The molecule has 0 radical (unpaired) electrons. The quantitative estimate of drug-likeness (QED) is 0.385. The van der Waals surface area contributed by atoms with Crippen LogP contribution in [0.25, 0.3) is 11.0 Å². The van der Waals surface area contributed by atoms with Crippen molar-refractivity contribution in [2.75, 3.05) is 5.32 Å². The largest absolute Gasteiger partial charge is 0.459 e. The lowest BCUT2D eigenvalue weighted by molar-refractivity contribution is 0.0949. The van der Waals surface area contributed by atoms with Crippen LogP contribution in [-0.2, 0) is 13.1 Å². The standard InChI is InChI=1S/C26H21N5O3/c32-25(28-14-18-8-10-22(11-9-18)30-26(33)23-7-4-12-34-23)21-13-20-16-29-31(24(20)27-15-21)17-19-5-2-1-3-6-19/h1-13,15-16H,14,17H2,(H,28,32)(H,30,33). The summed E-state index contributed by atoms with van der Waals surface area (Å²) in [5.74, 6) is -0.297. The molecule has 5 rings (SSSR count). The minimum Gasteiger partial charge on any atom is -0.459 e. The van der Waals surface area contributed by atoms with Crippen molar-refractivity contribution >= 4 is 28.5 Å². The Morgan fingerprint density at radius 3 is 2.47 bits per heavy atom. The van der Waals surface area contributed by atoms with Crippen molar-refractivity contribution in [2.45, 2.75) is 13.1 Å². The molecular weight excluding hydrogens is 430 g/mol. The summed E-state index contributed by atoms with van der Waals surface area (Å²) in [6, 6.07) is 22.3. The number of hydrogen-bond acceptors (Lipinski definition) is 5. The topological polar surface area (TPSA) is 102 Å². The van der Waals surface area contributed by atoms with Gasteiger partial charge in [0.05, 0.1) is 24.6 Å². The second-order valence-electron chi connectivity index (χ2n) is 7.74. The Labute approximate surface area is 195 Å². The zero-order chi connectivity index (χ0) is 23.3. The normalized spacial score (nSPS) is 10.8.